The maximum Gasteiger partial charge on any atom is 0.220 e. The lowest BCUT2D eigenvalue weighted by Crippen LogP contribution is -2.59. The monoisotopic (exact) mass is 377 g/mol. The van der Waals surface area contributed by atoms with Gasteiger partial charge in [0.2, 0.25) is 17.5 Å². The van der Waals surface area contributed by atoms with Crippen LogP contribution < -0.4 is 5.32 Å². The maximum absolute atomic E-state index is 12.3. The fourth-order valence-corrected chi connectivity index (χ4v) is 6.76. The van der Waals surface area contributed by atoms with Crippen LogP contribution in [0.15, 0.2) is 0 Å². The summed E-state index contributed by atoms with van der Waals surface area (Å²) in [6.45, 7) is 6.30. The Morgan fingerprint density at radius 3 is 2.11 bits per heavy atom. The first-order chi connectivity index (χ1) is 12.8. The van der Waals surface area contributed by atoms with Crippen molar-refractivity contribution in [2.24, 2.45) is 29.1 Å². The third-order valence-corrected chi connectivity index (χ3v) is 7.75. The zero-order chi connectivity index (χ0) is 18.9. The molecule has 5 aliphatic carbocycles. The minimum atomic E-state index is -0.583. The second-order valence-electron chi connectivity index (χ2n) is 11.3. The lowest BCUT2D eigenvalue weighted by molar-refractivity contribution is -0.390. The van der Waals surface area contributed by atoms with Crippen LogP contribution in [0.4, 0.5) is 0 Å². The molecular weight excluding hydrogens is 342 g/mol. The Hall–Kier alpha value is -0.650. The van der Waals surface area contributed by atoms with Gasteiger partial charge in [-0.05, 0) is 62.2 Å². The average Bonchev–Trinajstić information content (AvgIpc) is 2.93. The van der Waals surface area contributed by atoms with Gasteiger partial charge < -0.3 is 10.1 Å². The quantitative estimate of drug-likeness (QED) is 0.729. The van der Waals surface area contributed by atoms with Crippen molar-refractivity contribution in [3.8, 4) is 0 Å². The van der Waals surface area contributed by atoms with Crippen molar-refractivity contribution in [3.05, 3.63) is 0 Å². The highest BCUT2D eigenvalue weighted by Gasteiger charge is 2.66. The van der Waals surface area contributed by atoms with Gasteiger partial charge in [-0.2, -0.15) is 9.78 Å². The molecule has 6 aliphatic rings. The van der Waals surface area contributed by atoms with E-state index in [1.54, 1.807) is 0 Å². The molecule has 152 valence electrons. The minimum Gasteiger partial charge on any atom is -0.353 e. The first-order valence-corrected chi connectivity index (χ1v) is 11.1. The van der Waals surface area contributed by atoms with Crippen molar-refractivity contribution in [1.82, 2.24) is 5.32 Å². The van der Waals surface area contributed by atoms with Crippen LogP contribution in [0.5, 0.6) is 0 Å². The van der Waals surface area contributed by atoms with Gasteiger partial charge in [0.25, 0.3) is 0 Å². The molecule has 1 amide bonds. The SMILES string of the molecule is CC(C)(C)CC(=O)NC1CCC2(CC1)OOC1(O2)C2CC3CC(C2)CC1C3. The fraction of sp³-hybridized carbons (Fsp3) is 0.955. The first-order valence-electron chi connectivity index (χ1n) is 11.1. The van der Waals surface area contributed by atoms with Crippen LogP contribution in [-0.4, -0.2) is 23.5 Å². The van der Waals surface area contributed by atoms with Gasteiger partial charge in [0.1, 0.15) is 0 Å². The van der Waals surface area contributed by atoms with Gasteiger partial charge in [0, 0.05) is 37.1 Å². The maximum atomic E-state index is 12.3. The largest absolute Gasteiger partial charge is 0.353 e. The summed E-state index contributed by atoms with van der Waals surface area (Å²) in [6.07, 6.45) is 10.4. The van der Waals surface area contributed by atoms with Crippen LogP contribution in [-0.2, 0) is 19.3 Å². The lowest BCUT2D eigenvalue weighted by atomic mass is 9.53. The number of ether oxygens (including phenoxy) is 1. The van der Waals surface area contributed by atoms with Gasteiger partial charge in [0.05, 0.1) is 0 Å². The van der Waals surface area contributed by atoms with Crippen LogP contribution in [0.2, 0.25) is 0 Å². The Morgan fingerprint density at radius 2 is 1.56 bits per heavy atom. The molecule has 1 heterocycles. The van der Waals surface area contributed by atoms with Crippen molar-refractivity contribution < 1.29 is 19.3 Å². The van der Waals surface area contributed by atoms with E-state index in [1.165, 1.54) is 32.1 Å². The molecule has 0 aromatic heterocycles. The van der Waals surface area contributed by atoms with Crippen LogP contribution >= 0.6 is 0 Å². The molecule has 6 rings (SSSR count). The number of rotatable bonds is 2. The normalized spacial score (nSPS) is 48.5. The van der Waals surface area contributed by atoms with Gasteiger partial charge in [0.15, 0.2) is 0 Å². The van der Waals surface area contributed by atoms with Crippen molar-refractivity contribution in [1.29, 1.82) is 0 Å². The molecule has 0 aromatic rings. The minimum absolute atomic E-state index is 0.0251. The highest BCUT2D eigenvalue weighted by Crippen LogP contribution is 2.63. The summed E-state index contributed by atoms with van der Waals surface area (Å²) in [5, 5.41) is 3.21. The molecule has 1 aliphatic heterocycles. The van der Waals surface area contributed by atoms with E-state index in [-0.39, 0.29) is 17.4 Å². The van der Waals surface area contributed by atoms with Gasteiger partial charge in [-0.1, -0.05) is 20.8 Å². The van der Waals surface area contributed by atoms with Crippen LogP contribution in [0.3, 0.4) is 0 Å². The number of carbonyl (C=O) groups excluding carboxylic acids is 1. The predicted octanol–water partition coefficient (Wildman–Crippen LogP) is 4.31. The van der Waals surface area contributed by atoms with E-state index in [4.69, 9.17) is 14.5 Å². The van der Waals surface area contributed by atoms with E-state index in [0.29, 0.717) is 18.3 Å². The zero-order valence-corrected chi connectivity index (χ0v) is 17.1. The van der Waals surface area contributed by atoms with Gasteiger partial charge in [-0.3, -0.25) is 4.79 Å². The zero-order valence-electron chi connectivity index (χ0n) is 17.1. The molecule has 1 N–H and O–H groups in total. The first kappa shape index (κ1) is 18.4. The lowest BCUT2D eigenvalue weighted by Gasteiger charge is -2.57. The van der Waals surface area contributed by atoms with E-state index < -0.39 is 11.6 Å². The van der Waals surface area contributed by atoms with Crippen molar-refractivity contribution in [2.45, 2.75) is 103 Å². The van der Waals surface area contributed by atoms with Crippen LogP contribution in [0, 0.1) is 29.1 Å². The average molecular weight is 378 g/mol. The number of nitrogens with one attached hydrogen (secondary N) is 1. The van der Waals surface area contributed by atoms with Crippen LogP contribution in [0.1, 0.15) is 85.0 Å². The molecule has 1 saturated heterocycles. The molecule has 0 atom stereocenters. The molecule has 0 radical (unpaired) electrons. The second kappa shape index (κ2) is 6.17. The van der Waals surface area contributed by atoms with E-state index in [0.717, 1.165) is 37.5 Å². The third kappa shape index (κ3) is 3.24. The summed E-state index contributed by atoms with van der Waals surface area (Å²) in [5.41, 5.74) is 0.0251. The molecule has 0 aromatic carbocycles. The fourth-order valence-electron chi connectivity index (χ4n) is 6.76. The smallest absolute Gasteiger partial charge is 0.220 e. The van der Waals surface area contributed by atoms with E-state index >= 15 is 0 Å². The van der Waals surface area contributed by atoms with Gasteiger partial charge in [-0.25, -0.2) is 0 Å². The summed E-state index contributed by atoms with van der Waals surface area (Å²) in [6, 6.07) is 0.229. The Balaban J connectivity index is 1.20. The van der Waals surface area contributed by atoms with Crippen molar-refractivity contribution in [3.63, 3.8) is 0 Å². The topological polar surface area (TPSA) is 56.8 Å². The van der Waals surface area contributed by atoms with Crippen molar-refractivity contribution >= 4 is 5.91 Å². The number of hydrogen-bond donors (Lipinski definition) is 1. The summed E-state index contributed by atoms with van der Waals surface area (Å²) in [7, 11) is 0. The molecule has 5 heteroatoms. The molecule has 6 fully saturated rings. The molecule has 5 nitrogen and oxygen atoms in total. The summed E-state index contributed by atoms with van der Waals surface area (Å²) >= 11 is 0. The van der Waals surface area contributed by atoms with E-state index in [9.17, 15) is 4.79 Å². The van der Waals surface area contributed by atoms with E-state index in [2.05, 4.69) is 26.1 Å². The van der Waals surface area contributed by atoms with Gasteiger partial charge >= 0.3 is 0 Å². The number of amides is 1. The molecule has 4 bridgehead atoms. The Morgan fingerprint density at radius 1 is 0.963 bits per heavy atom. The molecule has 27 heavy (non-hydrogen) atoms. The third-order valence-electron chi connectivity index (χ3n) is 7.75. The highest BCUT2D eigenvalue weighted by atomic mass is 17.3. The van der Waals surface area contributed by atoms with Crippen molar-refractivity contribution in [2.75, 3.05) is 0 Å². The summed E-state index contributed by atoms with van der Waals surface area (Å²) < 4.78 is 6.73. The van der Waals surface area contributed by atoms with E-state index in [1.807, 2.05) is 0 Å². The Bertz CT molecular complexity index is 574. The van der Waals surface area contributed by atoms with Crippen LogP contribution in [0.25, 0.3) is 0 Å². The standard InChI is InChI=1S/C22H35NO4/c1-20(2,3)13-19(24)23-18-4-6-21(7-5-18)25-22(27-26-21)16-9-14-8-15(11-16)12-17(22)10-14/h14-18H,4-13H2,1-3H3,(H,23,24). The molecule has 0 unspecified atom stereocenters. The Kier molecular flexibility index (Phi) is 4.20. The molecular formula is C22H35NO4. The number of carbonyl (C=O) groups is 1. The summed E-state index contributed by atoms with van der Waals surface area (Å²) in [5.74, 6) is 1.89. The molecule has 2 spiro atoms. The molecule has 5 saturated carbocycles. The predicted molar refractivity (Wildman–Crippen MR) is 100 cm³/mol. The Labute approximate surface area is 162 Å². The second-order valence-corrected chi connectivity index (χ2v) is 11.3. The summed E-state index contributed by atoms with van der Waals surface area (Å²) in [4.78, 5) is 24.3. The van der Waals surface area contributed by atoms with Gasteiger partial charge in [-0.15, -0.1) is 0 Å². The highest BCUT2D eigenvalue weighted by molar-refractivity contribution is 5.76. The number of hydrogen-bond acceptors (Lipinski definition) is 4.